The first kappa shape index (κ1) is 14.0. The highest BCUT2D eigenvalue weighted by Gasteiger charge is 2.07. The summed E-state index contributed by atoms with van der Waals surface area (Å²) in [7, 11) is 0. The Bertz CT molecular complexity index is 612. The van der Waals surface area contributed by atoms with Gasteiger partial charge in [0.25, 0.3) is 11.5 Å². The molecule has 0 saturated carbocycles. The first-order valence-corrected chi connectivity index (χ1v) is 6.64. The number of hydrogen-bond donors (Lipinski definition) is 2. The predicted molar refractivity (Wildman–Crippen MR) is 77.9 cm³/mol. The number of carbonyl (C=O) groups excluding carboxylic acids is 1. The summed E-state index contributed by atoms with van der Waals surface area (Å²) in [5, 5.41) is 2.74. The van der Waals surface area contributed by atoms with Crippen molar-refractivity contribution >= 4 is 11.6 Å². The van der Waals surface area contributed by atoms with Crippen LogP contribution < -0.4 is 10.9 Å². The molecule has 1 aromatic carbocycles. The summed E-state index contributed by atoms with van der Waals surface area (Å²) in [6, 6.07) is 7.75. The van der Waals surface area contributed by atoms with E-state index in [4.69, 9.17) is 0 Å². The van der Waals surface area contributed by atoms with Crippen LogP contribution in [-0.2, 0) is 6.42 Å². The summed E-state index contributed by atoms with van der Waals surface area (Å²) in [5.41, 5.74) is 1.82. The fourth-order valence-electron chi connectivity index (χ4n) is 1.80. The van der Waals surface area contributed by atoms with E-state index in [1.807, 2.05) is 24.3 Å². The quantitative estimate of drug-likeness (QED) is 0.876. The molecule has 0 saturated heterocycles. The lowest BCUT2D eigenvalue weighted by atomic mass is 10.1. The Labute approximate surface area is 117 Å². The second-order valence-electron chi connectivity index (χ2n) is 4.55. The average Bonchev–Trinajstić information content (AvgIpc) is 2.47. The van der Waals surface area contributed by atoms with Crippen molar-refractivity contribution in [2.24, 2.45) is 0 Å². The normalized spacial score (nSPS) is 10.2. The van der Waals surface area contributed by atoms with Gasteiger partial charge in [-0.15, -0.1) is 0 Å². The minimum Gasteiger partial charge on any atom is -0.325 e. The first-order valence-electron chi connectivity index (χ1n) is 6.64. The SMILES string of the molecule is CCCCc1ccc(NC(=O)c2c[nH]c(=O)cn2)cc1. The van der Waals surface area contributed by atoms with E-state index in [0.717, 1.165) is 25.5 Å². The molecule has 2 N–H and O–H groups in total. The average molecular weight is 271 g/mol. The number of H-pyrrole nitrogens is 1. The zero-order chi connectivity index (χ0) is 14.4. The summed E-state index contributed by atoms with van der Waals surface area (Å²) >= 11 is 0. The Kier molecular flexibility index (Phi) is 4.65. The predicted octanol–water partition coefficient (Wildman–Crippen LogP) is 2.36. The highest BCUT2D eigenvalue weighted by Crippen LogP contribution is 2.12. The van der Waals surface area contributed by atoms with Crippen LogP contribution in [0.15, 0.2) is 41.5 Å². The van der Waals surface area contributed by atoms with Gasteiger partial charge in [-0.3, -0.25) is 9.59 Å². The van der Waals surface area contributed by atoms with Gasteiger partial charge in [0.2, 0.25) is 0 Å². The summed E-state index contributed by atoms with van der Waals surface area (Å²) in [5.74, 6) is -0.345. The third-order valence-corrected chi connectivity index (χ3v) is 2.94. The number of aromatic amines is 1. The molecular weight excluding hydrogens is 254 g/mol. The molecule has 5 nitrogen and oxygen atoms in total. The van der Waals surface area contributed by atoms with Gasteiger partial charge in [-0.1, -0.05) is 25.5 Å². The van der Waals surface area contributed by atoms with Crippen LogP contribution in [0.3, 0.4) is 0 Å². The standard InChI is InChI=1S/C15H17N3O2/c1-2-3-4-11-5-7-12(8-6-11)18-15(20)13-9-17-14(19)10-16-13/h5-10H,2-4H2,1H3,(H,17,19)(H,18,20). The van der Waals surface area contributed by atoms with E-state index in [0.29, 0.717) is 5.69 Å². The molecule has 20 heavy (non-hydrogen) atoms. The van der Waals surface area contributed by atoms with Crippen molar-refractivity contribution in [1.29, 1.82) is 0 Å². The van der Waals surface area contributed by atoms with E-state index in [9.17, 15) is 9.59 Å². The van der Waals surface area contributed by atoms with Gasteiger partial charge in [-0.25, -0.2) is 4.98 Å². The molecule has 104 valence electrons. The molecule has 2 aromatic rings. The number of hydrogen-bond acceptors (Lipinski definition) is 3. The van der Waals surface area contributed by atoms with Gasteiger partial charge in [0.05, 0.1) is 6.20 Å². The van der Waals surface area contributed by atoms with E-state index >= 15 is 0 Å². The molecule has 1 amide bonds. The fourth-order valence-corrected chi connectivity index (χ4v) is 1.80. The Morgan fingerprint density at radius 3 is 2.65 bits per heavy atom. The van der Waals surface area contributed by atoms with Crippen molar-refractivity contribution in [3.63, 3.8) is 0 Å². The number of aryl methyl sites for hydroxylation is 1. The smallest absolute Gasteiger partial charge is 0.275 e. The van der Waals surface area contributed by atoms with E-state index in [2.05, 4.69) is 22.2 Å². The molecule has 0 aliphatic carbocycles. The van der Waals surface area contributed by atoms with E-state index in [1.54, 1.807) is 0 Å². The van der Waals surface area contributed by atoms with Crippen LogP contribution in [0, 0.1) is 0 Å². The van der Waals surface area contributed by atoms with Crippen LogP contribution in [0.5, 0.6) is 0 Å². The van der Waals surface area contributed by atoms with Gasteiger partial charge in [0, 0.05) is 11.9 Å². The zero-order valence-electron chi connectivity index (χ0n) is 11.3. The molecular formula is C15H17N3O2. The number of aromatic nitrogens is 2. The number of anilines is 1. The van der Waals surface area contributed by atoms with Gasteiger partial charge in [-0.2, -0.15) is 0 Å². The molecule has 0 bridgehead atoms. The molecule has 0 atom stereocenters. The maximum atomic E-state index is 11.9. The molecule has 1 aromatic heterocycles. The van der Waals surface area contributed by atoms with Crippen molar-refractivity contribution in [3.8, 4) is 0 Å². The lowest BCUT2D eigenvalue weighted by Crippen LogP contribution is -2.16. The van der Waals surface area contributed by atoms with Crippen molar-refractivity contribution < 1.29 is 4.79 Å². The summed E-state index contributed by atoms with van der Waals surface area (Å²) < 4.78 is 0. The minimum absolute atomic E-state index is 0.180. The van der Waals surface area contributed by atoms with Crippen molar-refractivity contribution in [2.75, 3.05) is 5.32 Å². The van der Waals surface area contributed by atoms with E-state index in [1.165, 1.54) is 11.8 Å². The highest BCUT2D eigenvalue weighted by atomic mass is 16.2. The first-order chi connectivity index (χ1) is 9.69. The second kappa shape index (κ2) is 6.65. The maximum Gasteiger partial charge on any atom is 0.275 e. The van der Waals surface area contributed by atoms with Crippen molar-refractivity contribution in [3.05, 3.63) is 58.3 Å². The van der Waals surface area contributed by atoms with Gasteiger partial charge in [0.1, 0.15) is 5.69 Å². The Balaban J connectivity index is 2.00. The summed E-state index contributed by atoms with van der Waals surface area (Å²) in [6.07, 6.45) is 5.76. The van der Waals surface area contributed by atoms with E-state index < -0.39 is 0 Å². The zero-order valence-corrected chi connectivity index (χ0v) is 11.3. The van der Waals surface area contributed by atoms with Crippen LogP contribution >= 0.6 is 0 Å². The van der Waals surface area contributed by atoms with Gasteiger partial charge in [-0.05, 0) is 30.5 Å². The lowest BCUT2D eigenvalue weighted by Gasteiger charge is -2.05. The number of nitrogens with one attached hydrogen (secondary N) is 2. The molecule has 0 fully saturated rings. The number of benzene rings is 1. The summed E-state index contributed by atoms with van der Waals surface area (Å²) in [6.45, 7) is 2.16. The van der Waals surface area contributed by atoms with Crippen LogP contribution in [-0.4, -0.2) is 15.9 Å². The second-order valence-corrected chi connectivity index (χ2v) is 4.55. The van der Waals surface area contributed by atoms with Crippen LogP contribution in [0.1, 0.15) is 35.8 Å². The molecule has 2 rings (SSSR count). The number of nitrogens with zero attached hydrogens (tertiary/aromatic N) is 1. The minimum atomic E-state index is -0.345. The van der Waals surface area contributed by atoms with Gasteiger partial charge in [0.15, 0.2) is 0 Å². The Hall–Kier alpha value is -2.43. The molecule has 0 unspecified atom stereocenters. The molecule has 0 spiro atoms. The molecule has 0 aliphatic heterocycles. The van der Waals surface area contributed by atoms with Gasteiger partial charge >= 0.3 is 0 Å². The van der Waals surface area contributed by atoms with Crippen LogP contribution in [0.25, 0.3) is 0 Å². The Morgan fingerprint density at radius 2 is 2.05 bits per heavy atom. The molecule has 0 aliphatic rings. The third-order valence-electron chi connectivity index (χ3n) is 2.94. The largest absolute Gasteiger partial charge is 0.325 e. The summed E-state index contributed by atoms with van der Waals surface area (Å²) in [4.78, 5) is 29.0. The highest BCUT2D eigenvalue weighted by molar-refractivity contribution is 6.02. The van der Waals surface area contributed by atoms with Crippen LogP contribution in [0.2, 0.25) is 0 Å². The van der Waals surface area contributed by atoms with E-state index in [-0.39, 0.29) is 17.2 Å². The number of carbonyl (C=O) groups is 1. The Morgan fingerprint density at radius 1 is 1.30 bits per heavy atom. The number of unbranched alkanes of at least 4 members (excludes halogenated alkanes) is 1. The third kappa shape index (κ3) is 3.78. The van der Waals surface area contributed by atoms with Gasteiger partial charge < -0.3 is 10.3 Å². The lowest BCUT2D eigenvalue weighted by molar-refractivity contribution is 0.102. The number of rotatable bonds is 5. The van der Waals surface area contributed by atoms with Crippen molar-refractivity contribution in [2.45, 2.75) is 26.2 Å². The fraction of sp³-hybridized carbons (Fsp3) is 0.267. The topological polar surface area (TPSA) is 74.8 Å². The molecule has 1 heterocycles. The van der Waals surface area contributed by atoms with Crippen molar-refractivity contribution in [1.82, 2.24) is 9.97 Å². The molecule has 5 heteroatoms. The number of amides is 1. The monoisotopic (exact) mass is 271 g/mol. The maximum absolute atomic E-state index is 11.9. The van der Waals surface area contributed by atoms with Crippen LogP contribution in [0.4, 0.5) is 5.69 Å². The molecule has 0 radical (unpaired) electrons.